The van der Waals surface area contributed by atoms with Gasteiger partial charge in [-0.25, -0.2) is 8.42 Å². The van der Waals surface area contributed by atoms with Gasteiger partial charge in [-0.05, 0) is 25.1 Å². The lowest BCUT2D eigenvalue weighted by molar-refractivity contribution is -0.146. The van der Waals surface area contributed by atoms with Gasteiger partial charge in [0.1, 0.15) is 10.9 Å². The smallest absolute Gasteiger partial charge is 0.325 e. The molecule has 22 heavy (non-hydrogen) atoms. The first-order valence-electron chi connectivity index (χ1n) is 6.59. The van der Waals surface area contributed by atoms with E-state index in [2.05, 4.69) is 0 Å². The van der Waals surface area contributed by atoms with Gasteiger partial charge in [0.25, 0.3) is 0 Å². The van der Waals surface area contributed by atoms with E-state index in [0.717, 1.165) is 4.31 Å². The van der Waals surface area contributed by atoms with Crippen LogP contribution in [0.25, 0.3) is 0 Å². The molecule has 1 fully saturated rings. The summed E-state index contributed by atoms with van der Waals surface area (Å²) in [6, 6.07) is 3.38. The van der Waals surface area contributed by atoms with E-state index in [1.165, 1.54) is 30.0 Å². The molecule has 1 heterocycles. The highest BCUT2D eigenvalue weighted by Crippen LogP contribution is 2.31. The summed E-state index contributed by atoms with van der Waals surface area (Å²) in [6.45, 7) is 2.10. The van der Waals surface area contributed by atoms with E-state index in [4.69, 9.17) is 27.9 Å². The normalized spacial score (nSPS) is 19.9. The van der Waals surface area contributed by atoms with Crippen LogP contribution in [-0.2, 0) is 19.6 Å². The van der Waals surface area contributed by atoms with Crippen molar-refractivity contribution in [3.63, 3.8) is 0 Å². The van der Waals surface area contributed by atoms with Crippen LogP contribution in [0.15, 0.2) is 23.1 Å². The Hall–Kier alpha value is -0.470. The van der Waals surface area contributed by atoms with Crippen molar-refractivity contribution in [1.29, 1.82) is 0 Å². The van der Waals surface area contributed by atoms with E-state index in [0.29, 0.717) is 11.5 Å². The number of hydrogen-bond donors (Lipinski definition) is 0. The van der Waals surface area contributed by atoms with Crippen LogP contribution in [-0.4, -0.2) is 49.4 Å². The van der Waals surface area contributed by atoms with Gasteiger partial charge in [0.2, 0.25) is 10.0 Å². The van der Waals surface area contributed by atoms with Gasteiger partial charge in [0, 0.05) is 23.1 Å². The van der Waals surface area contributed by atoms with Crippen LogP contribution in [0.2, 0.25) is 10.0 Å². The minimum absolute atomic E-state index is 0.0743. The zero-order valence-corrected chi connectivity index (χ0v) is 14.9. The summed E-state index contributed by atoms with van der Waals surface area (Å²) >= 11 is 13.4. The van der Waals surface area contributed by atoms with E-state index < -0.39 is 22.0 Å². The predicted molar refractivity (Wildman–Crippen MR) is 88.1 cm³/mol. The number of hydrogen-bond acceptors (Lipinski definition) is 5. The first kappa shape index (κ1) is 17.9. The number of ether oxygens (including phenoxy) is 1. The molecule has 0 radical (unpaired) electrons. The number of sulfonamides is 1. The first-order chi connectivity index (χ1) is 10.4. The molecule has 1 aromatic carbocycles. The second-order valence-electron chi connectivity index (χ2n) is 4.53. The Kier molecular flexibility index (Phi) is 6.01. The molecule has 5 nitrogen and oxygen atoms in total. The average molecular weight is 384 g/mol. The van der Waals surface area contributed by atoms with Crippen molar-refractivity contribution < 1.29 is 17.9 Å². The highest BCUT2D eigenvalue weighted by molar-refractivity contribution is 7.99. The molecule has 1 atom stereocenters. The lowest BCUT2D eigenvalue weighted by atomic mass is 10.3. The SMILES string of the molecule is CCOC(=O)C1CSCCN1S(=O)(=O)c1cc(Cl)ccc1Cl. The molecule has 0 aromatic heterocycles. The van der Waals surface area contributed by atoms with Crippen LogP contribution in [0.4, 0.5) is 0 Å². The third-order valence-corrected chi connectivity index (χ3v) is 6.77. The van der Waals surface area contributed by atoms with Gasteiger partial charge in [-0.3, -0.25) is 4.79 Å². The Morgan fingerprint density at radius 1 is 1.45 bits per heavy atom. The zero-order valence-electron chi connectivity index (χ0n) is 11.8. The number of rotatable bonds is 4. The van der Waals surface area contributed by atoms with Gasteiger partial charge in [0.15, 0.2) is 0 Å². The van der Waals surface area contributed by atoms with Crippen molar-refractivity contribution in [2.45, 2.75) is 17.9 Å². The Balaban J connectivity index is 2.41. The summed E-state index contributed by atoms with van der Waals surface area (Å²) in [6.07, 6.45) is 0. The Bertz CT molecular complexity index is 666. The third-order valence-electron chi connectivity index (χ3n) is 3.12. The Morgan fingerprint density at radius 2 is 2.18 bits per heavy atom. The minimum atomic E-state index is -3.92. The Morgan fingerprint density at radius 3 is 2.86 bits per heavy atom. The zero-order chi connectivity index (χ0) is 16.3. The molecule has 1 aliphatic heterocycles. The molecule has 0 bridgehead atoms. The summed E-state index contributed by atoms with van der Waals surface area (Å²) in [5, 5.41) is 0.340. The van der Waals surface area contributed by atoms with E-state index >= 15 is 0 Å². The fourth-order valence-corrected chi connectivity index (χ4v) is 5.66. The number of thioether (sulfide) groups is 1. The van der Waals surface area contributed by atoms with Crippen LogP contribution in [0, 0.1) is 0 Å². The van der Waals surface area contributed by atoms with E-state index in [9.17, 15) is 13.2 Å². The molecular weight excluding hydrogens is 369 g/mol. The van der Waals surface area contributed by atoms with Gasteiger partial charge in [-0.2, -0.15) is 16.1 Å². The molecule has 1 aromatic rings. The van der Waals surface area contributed by atoms with Crippen LogP contribution in [0.1, 0.15) is 6.92 Å². The van der Waals surface area contributed by atoms with E-state index in [1.807, 2.05) is 0 Å². The van der Waals surface area contributed by atoms with E-state index in [1.54, 1.807) is 6.92 Å². The molecule has 1 aliphatic rings. The number of benzene rings is 1. The fourth-order valence-electron chi connectivity index (χ4n) is 2.10. The molecule has 0 aliphatic carbocycles. The number of nitrogens with zero attached hydrogens (tertiary/aromatic N) is 1. The van der Waals surface area contributed by atoms with Gasteiger partial charge in [-0.1, -0.05) is 23.2 Å². The third kappa shape index (κ3) is 3.71. The van der Waals surface area contributed by atoms with E-state index in [-0.39, 0.29) is 28.1 Å². The molecule has 0 N–H and O–H groups in total. The molecule has 9 heteroatoms. The maximum atomic E-state index is 12.8. The lowest BCUT2D eigenvalue weighted by Crippen LogP contribution is -2.50. The summed E-state index contributed by atoms with van der Waals surface area (Å²) in [5.74, 6) is 0.417. The lowest BCUT2D eigenvalue weighted by Gasteiger charge is -2.32. The van der Waals surface area contributed by atoms with Crippen molar-refractivity contribution >= 4 is 51.0 Å². The second kappa shape index (κ2) is 7.40. The largest absolute Gasteiger partial charge is 0.465 e. The van der Waals surface area contributed by atoms with Crippen LogP contribution in [0.5, 0.6) is 0 Å². The van der Waals surface area contributed by atoms with Crippen molar-refractivity contribution in [3.05, 3.63) is 28.2 Å². The first-order valence-corrected chi connectivity index (χ1v) is 9.94. The fraction of sp³-hybridized carbons (Fsp3) is 0.462. The standard InChI is InChI=1S/C13H15Cl2NO4S2/c1-2-20-13(17)11-8-21-6-5-16(11)22(18,19)12-7-9(14)3-4-10(12)15/h3-4,7,11H,2,5-6,8H2,1H3. The second-order valence-corrected chi connectivity index (χ2v) is 8.39. The molecule has 0 spiro atoms. The number of halogens is 2. The van der Waals surface area contributed by atoms with Gasteiger partial charge < -0.3 is 4.74 Å². The van der Waals surface area contributed by atoms with Crippen molar-refractivity contribution in [1.82, 2.24) is 4.31 Å². The Labute approximate surface area is 144 Å². The minimum Gasteiger partial charge on any atom is -0.465 e. The maximum absolute atomic E-state index is 12.8. The molecule has 0 amide bonds. The topological polar surface area (TPSA) is 63.7 Å². The quantitative estimate of drug-likeness (QED) is 0.747. The maximum Gasteiger partial charge on any atom is 0.325 e. The van der Waals surface area contributed by atoms with Crippen molar-refractivity contribution in [3.8, 4) is 0 Å². The van der Waals surface area contributed by atoms with Gasteiger partial charge >= 0.3 is 5.97 Å². The molecule has 1 saturated heterocycles. The molecule has 1 unspecified atom stereocenters. The summed E-state index contributed by atoms with van der Waals surface area (Å²) < 4.78 is 31.8. The number of carbonyl (C=O) groups is 1. The summed E-state index contributed by atoms with van der Waals surface area (Å²) in [7, 11) is -3.92. The molecular formula is C13H15Cl2NO4S2. The average Bonchev–Trinajstić information content (AvgIpc) is 2.50. The highest BCUT2D eigenvalue weighted by atomic mass is 35.5. The van der Waals surface area contributed by atoms with Crippen molar-refractivity contribution in [2.24, 2.45) is 0 Å². The molecule has 122 valence electrons. The van der Waals surface area contributed by atoms with Gasteiger partial charge in [-0.15, -0.1) is 0 Å². The molecule has 2 rings (SSSR count). The van der Waals surface area contributed by atoms with Crippen LogP contribution < -0.4 is 0 Å². The summed E-state index contributed by atoms with van der Waals surface area (Å²) in [4.78, 5) is 11.9. The van der Waals surface area contributed by atoms with Crippen LogP contribution >= 0.6 is 35.0 Å². The van der Waals surface area contributed by atoms with Gasteiger partial charge in [0.05, 0.1) is 11.6 Å². The highest BCUT2D eigenvalue weighted by Gasteiger charge is 2.39. The van der Waals surface area contributed by atoms with Crippen molar-refractivity contribution in [2.75, 3.05) is 24.7 Å². The number of carbonyl (C=O) groups excluding carboxylic acids is 1. The number of esters is 1. The predicted octanol–water partition coefficient (Wildman–Crippen LogP) is 2.66. The summed E-state index contributed by atoms with van der Waals surface area (Å²) in [5.41, 5.74) is 0. The van der Waals surface area contributed by atoms with Crippen LogP contribution in [0.3, 0.4) is 0 Å². The molecule has 0 saturated carbocycles. The monoisotopic (exact) mass is 383 g/mol.